The van der Waals surface area contributed by atoms with Crippen LogP contribution in [0.15, 0.2) is 23.1 Å². The molecule has 0 aliphatic carbocycles. The minimum Gasteiger partial charge on any atom is -0.326 e. The number of piperidine rings is 1. The Bertz CT molecular complexity index is 606. The molecule has 1 aliphatic heterocycles. The smallest absolute Gasteiger partial charge is 0.246 e. The van der Waals surface area contributed by atoms with Crippen LogP contribution in [0.1, 0.15) is 18.4 Å². The molecule has 2 rings (SSSR count). The fourth-order valence-corrected chi connectivity index (χ4v) is 4.15. The van der Waals surface area contributed by atoms with Gasteiger partial charge in [-0.25, -0.2) is 12.8 Å². The van der Waals surface area contributed by atoms with Crippen molar-refractivity contribution in [1.82, 2.24) is 9.21 Å². The van der Waals surface area contributed by atoms with E-state index in [0.29, 0.717) is 12.1 Å². The van der Waals surface area contributed by atoms with E-state index < -0.39 is 15.8 Å². The molecule has 1 aliphatic rings. The number of halogens is 1. The van der Waals surface area contributed by atoms with Crippen LogP contribution in [0, 0.1) is 5.82 Å². The summed E-state index contributed by atoms with van der Waals surface area (Å²) >= 11 is 0. The normalized spacial score (nSPS) is 20.9. The summed E-state index contributed by atoms with van der Waals surface area (Å²) < 4.78 is 40.5. The number of hydrogen-bond donors (Lipinski definition) is 1. The topological polar surface area (TPSA) is 66.6 Å². The van der Waals surface area contributed by atoms with Crippen molar-refractivity contribution in [2.75, 3.05) is 27.2 Å². The maximum Gasteiger partial charge on any atom is 0.246 e. The third-order valence-corrected chi connectivity index (χ3v) is 5.93. The molecule has 21 heavy (non-hydrogen) atoms. The zero-order valence-electron chi connectivity index (χ0n) is 12.4. The van der Waals surface area contributed by atoms with Gasteiger partial charge in [0.1, 0.15) is 10.7 Å². The first-order valence-corrected chi connectivity index (χ1v) is 8.45. The minimum absolute atomic E-state index is 0.130. The van der Waals surface area contributed by atoms with E-state index in [1.807, 2.05) is 7.05 Å². The summed E-state index contributed by atoms with van der Waals surface area (Å²) in [6.45, 7) is 1.80. The van der Waals surface area contributed by atoms with Crippen molar-refractivity contribution in [3.63, 3.8) is 0 Å². The van der Waals surface area contributed by atoms with Crippen molar-refractivity contribution in [1.29, 1.82) is 0 Å². The van der Waals surface area contributed by atoms with Gasteiger partial charge in [0.2, 0.25) is 10.0 Å². The molecule has 0 bridgehead atoms. The van der Waals surface area contributed by atoms with Crippen LogP contribution in [0.25, 0.3) is 0 Å². The summed E-state index contributed by atoms with van der Waals surface area (Å²) in [7, 11) is -0.367. The molecule has 1 unspecified atom stereocenters. The van der Waals surface area contributed by atoms with Gasteiger partial charge >= 0.3 is 0 Å². The Morgan fingerprint density at radius 1 is 1.48 bits per heavy atom. The Hall–Kier alpha value is -1.02. The van der Waals surface area contributed by atoms with Crippen molar-refractivity contribution in [3.05, 3.63) is 29.6 Å². The molecule has 0 aromatic heterocycles. The molecule has 0 saturated carbocycles. The quantitative estimate of drug-likeness (QED) is 0.900. The average Bonchev–Trinajstić information content (AvgIpc) is 2.46. The molecule has 7 heteroatoms. The van der Waals surface area contributed by atoms with E-state index in [4.69, 9.17) is 5.73 Å². The lowest BCUT2D eigenvalue weighted by molar-refractivity contribution is 0.187. The Morgan fingerprint density at radius 3 is 2.81 bits per heavy atom. The molecule has 0 radical (unpaired) electrons. The Kier molecular flexibility index (Phi) is 4.98. The molecule has 2 N–H and O–H groups in total. The first-order chi connectivity index (χ1) is 9.86. The van der Waals surface area contributed by atoms with Crippen molar-refractivity contribution in [2.24, 2.45) is 5.73 Å². The van der Waals surface area contributed by atoms with Gasteiger partial charge in [0.05, 0.1) is 0 Å². The van der Waals surface area contributed by atoms with E-state index in [1.54, 1.807) is 0 Å². The van der Waals surface area contributed by atoms with Crippen LogP contribution in [0.2, 0.25) is 0 Å². The van der Waals surface area contributed by atoms with E-state index in [9.17, 15) is 12.8 Å². The lowest BCUT2D eigenvalue weighted by atomic mass is 10.1. The predicted octanol–water partition coefficient (Wildman–Crippen LogP) is 0.999. The van der Waals surface area contributed by atoms with E-state index in [1.165, 1.54) is 23.5 Å². The van der Waals surface area contributed by atoms with Gasteiger partial charge in [-0.3, -0.25) is 0 Å². The van der Waals surface area contributed by atoms with Gasteiger partial charge < -0.3 is 10.6 Å². The first kappa shape index (κ1) is 16.4. The fourth-order valence-electron chi connectivity index (χ4n) is 2.66. The second-order valence-electron chi connectivity index (χ2n) is 5.55. The highest BCUT2D eigenvalue weighted by atomic mass is 32.2. The van der Waals surface area contributed by atoms with Crippen LogP contribution in [0.4, 0.5) is 4.39 Å². The molecule has 1 fully saturated rings. The lowest BCUT2D eigenvalue weighted by Gasteiger charge is -2.35. The van der Waals surface area contributed by atoms with Gasteiger partial charge in [0, 0.05) is 26.2 Å². The highest BCUT2D eigenvalue weighted by Gasteiger charge is 2.32. The fraction of sp³-hybridized carbons (Fsp3) is 0.571. The Labute approximate surface area is 125 Å². The molecular formula is C14H22FN3O2S. The summed E-state index contributed by atoms with van der Waals surface area (Å²) in [5, 5.41) is 0. The van der Waals surface area contributed by atoms with Crippen LogP contribution < -0.4 is 5.73 Å². The number of likely N-dealkylation sites (N-methyl/N-ethyl adjacent to an activating group) is 2. The zero-order valence-corrected chi connectivity index (χ0v) is 13.2. The van der Waals surface area contributed by atoms with E-state index in [2.05, 4.69) is 4.90 Å². The second kappa shape index (κ2) is 6.39. The van der Waals surface area contributed by atoms with Gasteiger partial charge in [-0.05, 0) is 44.1 Å². The number of likely N-dealkylation sites (tertiary alicyclic amines) is 1. The second-order valence-corrected chi connectivity index (χ2v) is 7.51. The Balaban J connectivity index is 2.32. The predicted molar refractivity (Wildman–Crippen MR) is 79.8 cm³/mol. The number of sulfonamides is 1. The molecule has 1 aromatic carbocycles. The van der Waals surface area contributed by atoms with Gasteiger partial charge in [0.15, 0.2) is 0 Å². The number of nitrogens with two attached hydrogens (primary N) is 1. The summed E-state index contributed by atoms with van der Waals surface area (Å²) in [5.74, 6) is -0.733. The standard InChI is InChI=1S/C14H22FN3O2S/c1-17-7-3-4-12(10-17)18(2)21(19,20)14-8-11(9-16)5-6-13(14)15/h5-6,8,12H,3-4,7,9-10,16H2,1-2H3. The first-order valence-electron chi connectivity index (χ1n) is 7.01. The molecule has 0 spiro atoms. The SMILES string of the molecule is CN1CCCC(N(C)S(=O)(=O)c2cc(CN)ccc2F)C1. The number of rotatable bonds is 4. The highest BCUT2D eigenvalue weighted by molar-refractivity contribution is 7.89. The molecule has 1 aromatic rings. The van der Waals surface area contributed by atoms with Crippen molar-refractivity contribution in [2.45, 2.75) is 30.3 Å². The van der Waals surface area contributed by atoms with Crippen molar-refractivity contribution in [3.8, 4) is 0 Å². The van der Waals surface area contributed by atoms with Crippen LogP contribution in [0.3, 0.4) is 0 Å². The highest BCUT2D eigenvalue weighted by Crippen LogP contribution is 2.24. The maximum absolute atomic E-state index is 13.9. The molecular weight excluding hydrogens is 293 g/mol. The largest absolute Gasteiger partial charge is 0.326 e. The van der Waals surface area contributed by atoms with E-state index in [0.717, 1.165) is 25.5 Å². The van der Waals surface area contributed by atoms with Crippen LogP contribution in [-0.2, 0) is 16.6 Å². The molecule has 1 saturated heterocycles. The van der Waals surface area contributed by atoms with Gasteiger partial charge in [-0.2, -0.15) is 4.31 Å². The molecule has 1 atom stereocenters. The van der Waals surface area contributed by atoms with Gasteiger partial charge in [-0.15, -0.1) is 0 Å². The number of benzene rings is 1. The van der Waals surface area contributed by atoms with Crippen LogP contribution in [0.5, 0.6) is 0 Å². The van der Waals surface area contributed by atoms with Crippen LogP contribution in [-0.4, -0.2) is 50.8 Å². The minimum atomic E-state index is -3.85. The van der Waals surface area contributed by atoms with E-state index in [-0.39, 0.29) is 17.5 Å². The average molecular weight is 315 g/mol. The lowest BCUT2D eigenvalue weighted by Crippen LogP contribution is -2.47. The monoisotopic (exact) mass is 315 g/mol. The van der Waals surface area contributed by atoms with Gasteiger partial charge in [-0.1, -0.05) is 6.07 Å². The molecule has 5 nitrogen and oxygen atoms in total. The number of nitrogens with zero attached hydrogens (tertiary/aromatic N) is 2. The van der Waals surface area contributed by atoms with Gasteiger partial charge in [0.25, 0.3) is 0 Å². The molecule has 118 valence electrons. The maximum atomic E-state index is 13.9. The third kappa shape index (κ3) is 3.42. The summed E-state index contributed by atoms with van der Waals surface area (Å²) in [6.07, 6.45) is 1.73. The molecule has 0 amide bonds. The summed E-state index contributed by atoms with van der Waals surface area (Å²) in [5.41, 5.74) is 6.11. The summed E-state index contributed by atoms with van der Waals surface area (Å²) in [6, 6.07) is 3.86. The summed E-state index contributed by atoms with van der Waals surface area (Å²) in [4.78, 5) is 1.80. The third-order valence-electron chi connectivity index (χ3n) is 4.00. The van der Waals surface area contributed by atoms with Crippen molar-refractivity contribution < 1.29 is 12.8 Å². The van der Waals surface area contributed by atoms with Crippen LogP contribution >= 0.6 is 0 Å². The van der Waals surface area contributed by atoms with Crippen molar-refractivity contribution >= 4 is 10.0 Å². The zero-order chi connectivity index (χ0) is 15.6. The Morgan fingerprint density at radius 2 is 2.19 bits per heavy atom. The number of hydrogen-bond acceptors (Lipinski definition) is 4. The molecule has 1 heterocycles. The van der Waals surface area contributed by atoms with E-state index >= 15 is 0 Å².